The van der Waals surface area contributed by atoms with Crippen LogP contribution < -0.4 is 4.74 Å². The van der Waals surface area contributed by atoms with E-state index < -0.39 is 5.97 Å². The number of ether oxygens (including phenoxy) is 1. The van der Waals surface area contributed by atoms with Gasteiger partial charge in [-0.2, -0.15) is 0 Å². The summed E-state index contributed by atoms with van der Waals surface area (Å²) in [6, 6.07) is 9.02. The second kappa shape index (κ2) is 6.41. The van der Waals surface area contributed by atoms with Gasteiger partial charge in [-0.1, -0.05) is 17.7 Å². The van der Waals surface area contributed by atoms with Crippen LogP contribution in [0.1, 0.15) is 10.4 Å². The van der Waals surface area contributed by atoms with Crippen LogP contribution in [0.25, 0.3) is 6.08 Å². The van der Waals surface area contributed by atoms with E-state index in [9.17, 15) is 4.79 Å². The predicted octanol–water partition coefficient (Wildman–Crippen LogP) is 4.08. The van der Waals surface area contributed by atoms with Crippen LogP contribution in [0.4, 0.5) is 0 Å². The van der Waals surface area contributed by atoms with Crippen LogP contribution in [-0.4, -0.2) is 11.1 Å². The third-order valence-electron chi connectivity index (χ3n) is 2.35. The van der Waals surface area contributed by atoms with Crippen LogP contribution in [-0.2, 0) is 11.4 Å². The molecular formula is C14H11ClO3S. The molecule has 0 aliphatic heterocycles. The van der Waals surface area contributed by atoms with Crippen LogP contribution in [0, 0.1) is 0 Å². The number of aliphatic carboxylic acids is 1. The molecule has 0 spiro atoms. The van der Waals surface area contributed by atoms with Crippen molar-refractivity contribution in [1.29, 1.82) is 0 Å². The van der Waals surface area contributed by atoms with Crippen molar-refractivity contribution in [2.24, 2.45) is 0 Å². The molecule has 1 N–H and O–H groups in total. The van der Waals surface area contributed by atoms with E-state index in [4.69, 9.17) is 21.4 Å². The Morgan fingerprint density at radius 2 is 2.26 bits per heavy atom. The molecule has 2 rings (SSSR count). The van der Waals surface area contributed by atoms with Crippen LogP contribution in [0.5, 0.6) is 5.75 Å². The van der Waals surface area contributed by atoms with E-state index in [1.807, 2.05) is 23.6 Å². The maximum atomic E-state index is 10.5. The van der Waals surface area contributed by atoms with Gasteiger partial charge in [0, 0.05) is 16.0 Å². The largest absolute Gasteiger partial charge is 0.488 e. The Morgan fingerprint density at radius 1 is 1.42 bits per heavy atom. The van der Waals surface area contributed by atoms with Crippen molar-refractivity contribution in [3.05, 3.63) is 57.3 Å². The minimum absolute atomic E-state index is 0.386. The fraction of sp³-hybridized carbons (Fsp3) is 0.0714. The summed E-state index contributed by atoms with van der Waals surface area (Å²) < 4.78 is 5.62. The lowest BCUT2D eigenvalue weighted by Crippen LogP contribution is -1.94. The van der Waals surface area contributed by atoms with Gasteiger partial charge in [0.05, 0.1) is 0 Å². The van der Waals surface area contributed by atoms with Gasteiger partial charge in [0.1, 0.15) is 12.4 Å². The zero-order valence-electron chi connectivity index (χ0n) is 9.88. The molecule has 5 heteroatoms. The molecular weight excluding hydrogens is 284 g/mol. The van der Waals surface area contributed by atoms with Crippen molar-refractivity contribution in [2.45, 2.75) is 6.61 Å². The van der Waals surface area contributed by atoms with E-state index in [0.717, 1.165) is 16.5 Å². The molecule has 0 radical (unpaired) electrons. The summed E-state index contributed by atoms with van der Waals surface area (Å²) in [4.78, 5) is 11.5. The maximum Gasteiger partial charge on any atom is 0.328 e. The lowest BCUT2D eigenvalue weighted by atomic mass is 10.2. The first-order chi connectivity index (χ1) is 9.15. The number of hydrogen-bond acceptors (Lipinski definition) is 3. The molecule has 3 nitrogen and oxygen atoms in total. The van der Waals surface area contributed by atoms with Crippen molar-refractivity contribution in [3.8, 4) is 5.75 Å². The van der Waals surface area contributed by atoms with Gasteiger partial charge in [-0.3, -0.25) is 0 Å². The molecule has 0 aliphatic rings. The Labute approximate surface area is 119 Å². The van der Waals surface area contributed by atoms with Gasteiger partial charge < -0.3 is 9.84 Å². The minimum Gasteiger partial charge on any atom is -0.488 e. The van der Waals surface area contributed by atoms with Crippen molar-refractivity contribution in [1.82, 2.24) is 0 Å². The van der Waals surface area contributed by atoms with Gasteiger partial charge in [-0.15, -0.1) is 11.3 Å². The van der Waals surface area contributed by atoms with Crippen LogP contribution in [0.2, 0.25) is 5.02 Å². The first-order valence-electron chi connectivity index (χ1n) is 5.51. The topological polar surface area (TPSA) is 46.5 Å². The molecule has 0 unspecified atom stereocenters. The third-order valence-corrected chi connectivity index (χ3v) is 3.50. The molecule has 98 valence electrons. The summed E-state index contributed by atoms with van der Waals surface area (Å²) in [5, 5.41) is 11.1. The molecule has 0 saturated carbocycles. The zero-order valence-corrected chi connectivity index (χ0v) is 11.4. The third kappa shape index (κ3) is 4.12. The number of benzene rings is 1. The molecule has 0 atom stereocenters. The van der Waals surface area contributed by atoms with Crippen molar-refractivity contribution in [2.75, 3.05) is 0 Å². The minimum atomic E-state index is -0.965. The van der Waals surface area contributed by atoms with Gasteiger partial charge in [0.25, 0.3) is 0 Å². The highest BCUT2D eigenvalue weighted by Gasteiger charge is 2.03. The highest BCUT2D eigenvalue weighted by atomic mass is 35.5. The van der Waals surface area contributed by atoms with E-state index in [1.165, 1.54) is 11.3 Å². The highest BCUT2D eigenvalue weighted by Crippen LogP contribution is 2.22. The lowest BCUT2D eigenvalue weighted by Gasteiger charge is -2.05. The quantitative estimate of drug-likeness (QED) is 0.845. The number of carboxylic acids is 1. The van der Waals surface area contributed by atoms with E-state index in [-0.39, 0.29) is 0 Å². The molecule has 0 saturated heterocycles. The molecule has 2 aromatic rings. The molecule has 0 bridgehead atoms. The number of carbonyl (C=O) groups is 1. The van der Waals surface area contributed by atoms with Crippen LogP contribution in [0.3, 0.4) is 0 Å². The Hall–Kier alpha value is -1.78. The lowest BCUT2D eigenvalue weighted by molar-refractivity contribution is -0.131. The summed E-state index contributed by atoms with van der Waals surface area (Å²) >= 11 is 7.39. The number of hydrogen-bond donors (Lipinski definition) is 1. The zero-order chi connectivity index (χ0) is 13.7. The number of rotatable bonds is 5. The fourth-order valence-electron chi connectivity index (χ4n) is 1.48. The maximum absolute atomic E-state index is 10.5. The van der Waals surface area contributed by atoms with Gasteiger partial charge in [-0.25, -0.2) is 4.79 Å². The molecule has 1 aromatic carbocycles. The molecule has 19 heavy (non-hydrogen) atoms. The number of carboxylic acid groups (broad SMARTS) is 1. The normalized spacial score (nSPS) is 10.8. The first-order valence-corrected chi connectivity index (χ1v) is 6.76. The van der Waals surface area contributed by atoms with Crippen molar-refractivity contribution < 1.29 is 14.6 Å². The summed E-state index contributed by atoms with van der Waals surface area (Å²) in [6.07, 6.45) is 2.68. The van der Waals surface area contributed by atoms with Gasteiger partial charge in [0.2, 0.25) is 0 Å². The summed E-state index contributed by atoms with van der Waals surface area (Å²) in [5.74, 6) is -0.276. The average Bonchev–Trinajstić information content (AvgIpc) is 2.81. The number of thiophene rings is 1. The van der Waals surface area contributed by atoms with Crippen LogP contribution >= 0.6 is 22.9 Å². The van der Waals surface area contributed by atoms with Crippen molar-refractivity contribution >= 4 is 35.0 Å². The Balaban J connectivity index is 2.04. The number of halogens is 1. The molecule has 0 fully saturated rings. The fourth-order valence-corrected chi connectivity index (χ4v) is 2.44. The second-order valence-corrected chi connectivity index (χ2v) is 5.15. The summed E-state index contributed by atoms with van der Waals surface area (Å²) in [6.45, 7) is 0.386. The summed E-state index contributed by atoms with van der Waals surface area (Å²) in [5.41, 5.74) is 0.856. The average molecular weight is 295 g/mol. The molecule has 0 amide bonds. The molecule has 1 heterocycles. The van der Waals surface area contributed by atoms with Gasteiger partial charge >= 0.3 is 5.97 Å². The van der Waals surface area contributed by atoms with Gasteiger partial charge in [0.15, 0.2) is 0 Å². The second-order valence-electron chi connectivity index (χ2n) is 3.72. The Kier molecular flexibility index (Phi) is 4.60. The van der Waals surface area contributed by atoms with Crippen molar-refractivity contribution in [3.63, 3.8) is 0 Å². The van der Waals surface area contributed by atoms with Gasteiger partial charge in [-0.05, 0) is 41.3 Å². The van der Waals surface area contributed by atoms with E-state index in [0.29, 0.717) is 17.4 Å². The standard InChI is InChI=1S/C14H11ClO3S/c15-11-2-1-3-12(8-11)18-9-13-10(6-7-19-13)4-5-14(16)17/h1-8H,9H2,(H,16,17). The Bertz CT molecular complexity index is 604. The van der Waals surface area contributed by atoms with Crippen LogP contribution in [0.15, 0.2) is 41.8 Å². The summed E-state index contributed by atoms with van der Waals surface area (Å²) in [7, 11) is 0. The first kappa shape index (κ1) is 13.6. The monoisotopic (exact) mass is 294 g/mol. The molecule has 1 aromatic heterocycles. The van der Waals surface area contributed by atoms with E-state index >= 15 is 0 Å². The van der Waals surface area contributed by atoms with E-state index in [1.54, 1.807) is 18.2 Å². The predicted molar refractivity (Wildman–Crippen MR) is 76.8 cm³/mol. The smallest absolute Gasteiger partial charge is 0.328 e. The molecule has 0 aliphatic carbocycles. The Morgan fingerprint density at radius 3 is 3.00 bits per heavy atom. The highest BCUT2D eigenvalue weighted by molar-refractivity contribution is 7.10. The van der Waals surface area contributed by atoms with E-state index in [2.05, 4.69) is 0 Å². The SMILES string of the molecule is O=C(O)C=Cc1ccsc1COc1cccc(Cl)c1.